The minimum Gasteiger partial charge on any atom is -1.00 e. The zero-order valence-electron chi connectivity index (χ0n) is 31.4. The van der Waals surface area contributed by atoms with Gasteiger partial charge in [0.15, 0.2) is 0 Å². The van der Waals surface area contributed by atoms with Gasteiger partial charge in [-0.25, -0.2) is 0 Å². The molecule has 2 aliphatic rings. The van der Waals surface area contributed by atoms with Crippen molar-refractivity contribution in [1.29, 1.82) is 0 Å². The molecule has 0 aromatic heterocycles. The standard InChI is InChI=1S/C49H45.2ClH.Zr/c1-30-27-35-28-41-43(34-19-9-10-20-34)31(2)47(49(6,7)8)46(45(41)40(35)29-42(30)48(3,4)5)44(38-25-15-21-32-17-11-13-23-36(32)38)39-26-16-22-33-18-12-14-24-37(33)39;;;/h9-19,21-27,29H,20H2,1-8H3;2*1H;/q;;;+2/p-2. The van der Waals surface area contributed by atoms with Crippen molar-refractivity contribution in [2.75, 3.05) is 0 Å². The van der Waals surface area contributed by atoms with Crippen LogP contribution in [0, 0.1) is 24.3 Å². The fraction of sp³-hybridized carbons (Fsp3) is 0.224. The second-order valence-electron chi connectivity index (χ2n) is 16.3. The number of halogens is 2. The number of aryl methyl sites for hydroxylation is 1. The van der Waals surface area contributed by atoms with Gasteiger partial charge in [0.2, 0.25) is 0 Å². The Bertz CT molecular complexity index is 2620. The van der Waals surface area contributed by atoms with Crippen LogP contribution in [-0.4, -0.2) is 0 Å². The summed E-state index contributed by atoms with van der Waals surface area (Å²) in [5.74, 6) is 0. The first-order valence-corrected chi connectivity index (χ1v) is 19.2. The molecule has 6 aromatic rings. The van der Waals surface area contributed by atoms with E-state index in [1.54, 1.807) is 0 Å². The molecule has 0 N–H and O–H groups in total. The van der Waals surface area contributed by atoms with Crippen molar-refractivity contribution in [3.63, 3.8) is 0 Å². The van der Waals surface area contributed by atoms with E-state index in [2.05, 4.69) is 171 Å². The average Bonchev–Trinajstić information content (AvgIpc) is 3.70. The number of hydrogen-bond acceptors (Lipinski definition) is 0. The molecule has 6 aromatic carbocycles. The summed E-state index contributed by atoms with van der Waals surface area (Å²) in [6.45, 7) is 19.1. The molecule has 8 rings (SSSR count). The van der Waals surface area contributed by atoms with Gasteiger partial charge in [-0.05, 0) is 0 Å². The van der Waals surface area contributed by atoms with Gasteiger partial charge in [0.05, 0.1) is 0 Å². The number of benzene rings is 6. The summed E-state index contributed by atoms with van der Waals surface area (Å²) in [4.78, 5) is 0. The molecule has 0 nitrogen and oxygen atoms in total. The smallest absolute Gasteiger partial charge is 1.00 e. The largest absolute Gasteiger partial charge is 1.00 e. The number of allylic oxidation sites excluding steroid dienone is 4. The minimum atomic E-state index is -0.127. The Morgan fingerprint density at radius 3 is 1.71 bits per heavy atom. The van der Waals surface area contributed by atoms with Gasteiger partial charge in [-0.3, -0.25) is 0 Å². The van der Waals surface area contributed by atoms with Crippen LogP contribution in [0.4, 0.5) is 0 Å². The topological polar surface area (TPSA) is 0 Å². The predicted molar refractivity (Wildman–Crippen MR) is 210 cm³/mol. The Balaban J connectivity index is 0.00000232. The summed E-state index contributed by atoms with van der Waals surface area (Å²) in [5.41, 5.74) is 13.8. The van der Waals surface area contributed by atoms with Gasteiger partial charge >= 0.3 is 314 Å². The van der Waals surface area contributed by atoms with Crippen molar-refractivity contribution in [3.05, 3.63) is 181 Å². The SMILES string of the molecule is Cc1cc2c(cc1C(C)(C)C)=c1c(c(C3=CC=CC3)c(C)c(C(C)(C)C)c1=C(c1cccc3ccccc13)c1cccc3ccccc13)[C]=2[Zr+2].[Cl-].[Cl-]. The van der Waals surface area contributed by atoms with Crippen molar-refractivity contribution >= 4 is 36.0 Å². The Morgan fingerprint density at radius 1 is 0.635 bits per heavy atom. The van der Waals surface area contributed by atoms with Gasteiger partial charge in [0.25, 0.3) is 0 Å². The molecule has 0 saturated carbocycles. The van der Waals surface area contributed by atoms with E-state index in [0.717, 1.165) is 6.42 Å². The molecule has 0 fully saturated rings. The molecular weight excluding hydrogens is 751 g/mol. The van der Waals surface area contributed by atoms with E-state index in [4.69, 9.17) is 0 Å². The summed E-state index contributed by atoms with van der Waals surface area (Å²) in [7, 11) is 0. The van der Waals surface area contributed by atoms with Gasteiger partial charge in [-0.1, -0.05) is 0 Å². The van der Waals surface area contributed by atoms with Gasteiger partial charge in [0.1, 0.15) is 0 Å². The molecule has 0 heterocycles. The first kappa shape index (κ1) is 38.3. The summed E-state index contributed by atoms with van der Waals surface area (Å²) in [6.07, 6.45) is 7.92. The van der Waals surface area contributed by atoms with Crippen molar-refractivity contribution in [2.24, 2.45) is 0 Å². The second-order valence-corrected chi connectivity index (χ2v) is 17.6. The van der Waals surface area contributed by atoms with E-state index in [1.807, 2.05) is 0 Å². The van der Waals surface area contributed by atoms with Crippen LogP contribution in [0.1, 0.15) is 92.5 Å². The Labute approximate surface area is 336 Å². The molecule has 0 saturated heterocycles. The average molecular weight is 796 g/mol. The normalized spacial score (nSPS) is 13.5. The summed E-state index contributed by atoms with van der Waals surface area (Å²) in [5, 5.41) is 10.8. The number of hydrogen-bond donors (Lipinski definition) is 0. The molecule has 0 atom stereocenters. The molecule has 0 unspecified atom stereocenters. The summed E-state index contributed by atoms with van der Waals surface area (Å²) < 4.78 is 1.48. The fourth-order valence-electron chi connectivity index (χ4n) is 8.98. The van der Waals surface area contributed by atoms with E-state index in [1.165, 1.54) is 126 Å². The summed E-state index contributed by atoms with van der Waals surface area (Å²) >= 11 is 1.46. The van der Waals surface area contributed by atoms with Crippen LogP contribution in [0.2, 0.25) is 0 Å². The van der Waals surface area contributed by atoms with Crippen LogP contribution in [0.15, 0.2) is 115 Å². The Hall–Kier alpha value is -3.48. The molecular formula is C49H45Cl2Zr. The maximum atomic E-state index is 2.57. The van der Waals surface area contributed by atoms with Crippen molar-refractivity contribution < 1.29 is 49.5 Å². The zero-order chi connectivity index (χ0) is 35.1. The van der Waals surface area contributed by atoms with E-state index in [-0.39, 0.29) is 35.6 Å². The Kier molecular flexibility index (Phi) is 10.3. The third-order valence-electron chi connectivity index (χ3n) is 10.9. The van der Waals surface area contributed by atoms with Crippen LogP contribution in [0.3, 0.4) is 0 Å². The molecule has 259 valence electrons. The van der Waals surface area contributed by atoms with Crippen LogP contribution in [-0.2, 0) is 35.5 Å². The zero-order valence-corrected chi connectivity index (χ0v) is 35.4. The second kappa shape index (κ2) is 14.1. The molecule has 0 spiro atoms. The number of rotatable bonds is 3. The first-order valence-electron chi connectivity index (χ1n) is 18.0. The Morgan fingerprint density at radius 2 is 1.19 bits per heavy atom. The maximum Gasteiger partial charge on any atom is -1.00 e. The monoisotopic (exact) mass is 793 g/mol. The van der Waals surface area contributed by atoms with Gasteiger partial charge in [0, 0.05) is 0 Å². The third-order valence-corrected chi connectivity index (χ3v) is 12.2. The van der Waals surface area contributed by atoms with Gasteiger partial charge in [-0.2, -0.15) is 0 Å². The van der Waals surface area contributed by atoms with E-state index < -0.39 is 0 Å². The van der Waals surface area contributed by atoms with E-state index in [0.29, 0.717) is 0 Å². The molecule has 2 aliphatic carbocycles. The molecule has 0 amide bonds. The third kappa shape index (κ3) is 6.12. The van der Waals surface area contributed by atoms with E-state index >= 15 is 0 Å². The fourth-order valence-corrected chi connectivity index (χ4v) is 10.1. The molecule has 0 radical (unpaired) electrons. The van der Waals surface area contributed by atoms with Crippen molar-refractivity contribution in [3.8, 4) is 0 Å². The number of fused-ring (bicyclic) bond motifs is 4. The van der Waals surface area contributed by atoms with Crippen LogP contribution in [0.25, 0.3) is 36.0 Å². The quantitative estimate of drug-likeness (QED) is 0.234. The predicted octanol–water partition coefficient (Wildman–Crippen LogP) is 5.11. The molecule has 0 bridgehead atoms. The van der Waals surface area contributed by atoms with Crippen LogP contribution >= 0.6 is 0 Å². The van der Waals surface area contributed by atoms with Crippen molar-refractivity contribution in [1.82, 2.24) is 0 Å². The van der Waals surface area contributed by atoms with Crippen molar-refractivity contribution in [2.45, 2.75) is 72.6 Å². The molecule has 3 heteroatoms. The van der Waals surface area contributed by atoms with Crippen LogP contribution < -0.4 is 35.3 Å². The minimum absolute atomic E-state index is 0. The molecule has 52 heavy (non-hydrogen) atoms. The first-order chi connectivity index (χ1) is 23.9. The van der Waals surface area contributed by atoms with Crippen LogP contribution in [0.5, 0.6) is 0 Å². The summed E-state index contributed by atoms with van der Waals surface area (Å²) in [6, 6.07) is 36.8. The van der Waals surface area contributed by atoms with E-state index in [9.17, 15) is 0 Å². The van der Waals surface area contributed by atoms with Gasteiger partial charge in [-0.15, -0.1) is 0 Å². The van der Waals surface area contributed by atoms with Gasteiger partial charge < -0.3 is 24.8 Å². The maximum absolute atomic E-state index is 2.57. The molecule has 0 aliphatic heterocycles.